The van der Waals surface area contributed by atoms with E-state index in [0.717, 1.165) is 5.56 Å². The molecule has 0 aliphatic rings. The molecule has 9 nitrogen and oxygen atoms in total. The number of nitrogens with zero attached hydrogens (tertiary/aromatic N) is 2. The summed E-state index contributed by atoms with van der Waals surface area (Å²) in [4.78, 5) is 32.3. The van der Waals surface area contributed by atoms with E-state index in [1.54, 1.807) is 24.3 Å². The summed E-state index contributed by atoms with van der Waals surface area (Å²) < 4.78 is 61.5. The zero-order chi connectivity index (χ0) is 32.9. The number of nitrogens with one attached hydrogen (secondary N) is 3. The van der Waals surface area contributed by atoms with E-state index in [1.807, 2.05) is 30.3 Å². The number of hydrazine groups is 1. The van der Waals surface area contributed by atoms with Gasteiger partial charge in [0.05, 0.1) is 22.8 Å². The van der Waals surface area contributed by atoms with Crippen LogP contribution in [-0.2, 0) is 17.0 Å². The highest BCUT2D eigenvalue weighted by atomic mass is 32.2. The average Bonchev–Trinajstić information content (AvgIpc) is 3.07. The Morgan fingerprint density at radius 1 is 0.935 bits per heavy atom. The molecule has 0 bridgehead atoms. The zero-order valence-corrected chi connectivity index (χ0v) is 25.2. The second-order valence-electron chi connectivity index (χ2n) is 9.67. The van der Waals surface area contributed by atoms with Crippen molar-refractivity contribution in [2.75, 3.05) is 25.1 Å². The molecule has 0 atom stereocenters. The summed E-state index contributed by atoms with van der Waals surface area (Å²) >= 11 is 0.549. The summed E-state index contributed by atoms with van der Waals surface area (Å²) in [6.07, 6.45) is 5.13. The van der Waals surface area contributed by atoms with E-state index in [9.17, 15) is 27.2 Å². The van der Waals surface area contributed by atoms with Gasteiger partial charge >= 0.3 is 0 Å². The lowest BCUT2D eigenvalue weighted by Crippen LogP contribution is -2.29. The smallest absolute Gasteiger partial charge is 0.252 e. The molecule has 240 valence electrons. The number of hydrogen-bond donors (Lipinski definition) is 4. The van der Waals surface area contributed by atoms with Crippen LogP contribution in [0.2, 0.25) is 0 Å². The van der Waals surface area contributed by atoms with E-state index >= 15 is 0 Å². The molecule has 14 heteroatoms. The van der Waals surface area contributed by atoms with Crippen LogP contribution in [0.1, 0.15) is 33.7 Å². The van der Waals surface area contributed by atoms with Crippen LogP contribution in [0.4, 0.5) is 23.4 Å². The van der Waals surface area contributed by atoms with Crippen LogP contribution in [0.25, 0.3) is 6.08 Å². The lowest BCUT2D eigenvalue weighted by atomic mass is 10.2. The largest absolute Gasteiger partial charge is 0.491 e. The maximum atomic E-state index is 14.1. The number of amides is 2. The molecule has 4 aromatic rings. The van der Waals surface area contributed by atoms with Gasteiger partial charge in [-0.05, 0) is 42.3 Å². The number of rotatable bonds is 15. The molecule has 0 fully saturated rings. The fourth-order valence-electron chi connectivity index (χ4n) is 4.00. The topological polar surface area (TPSA) is 131 Å². The predicted octanol–water partition coefficient (Wildman–Crippen LogP) is 5.18. The Bertz CT molecular complexity index is 1650. The minimum Gasteiger partial charge on any atom is -0.491 e. The number of nitrogen functional groups attached to an aromatic ring is 1. The van der Waals surface area contributed by atoms with E-state index in [-0.39, 0.29) is 30.0 Å². The molecule has 2 aromatic carbocycles. The Morgan fingerprint density at radius 3 is 2.37 bits per heavy atom. The van der Waals surface area contributed by atoms with Gasteiger partial charge in [0.1, 0.15) is 17.3 Å². The van der Waals surface area contributed by atoms with Crippen LogP contribution in [0.5, 0.6) is 5.75 Å². The molecule has 5 N–H and O–H groups in total. The first kappa shape index (κ1) is 33.9. The van der Waals surface area contributed by atoms with Crippen LogP contribution in [0.15, 0.2) is 77.8 Å². The summed E-state index contributed by atoms with van der Waals surface area (Å²) in [6, 6.07) is 16.1. The van der Waals surface area contributed by atoms with Gasteiger partial charge in [-0.3, -0.25) is 9.59 Å². The first-order chi connectivity index (χ1) is 22.2. The van der Waals surface area contributed by atoms with Gasteiger partial charge < -0.3 is 20.8 Å². The number of thioether (sulfide) groups is 1. The third-order valence-corrected chi connectivity index (χ3v) is 7.46. The Morgan fingerprint density at radius 2 is 1.67 bits per heavy atom. The number of hydrogen-bond acceptors (Lipinski definition) is 8. The maximum absolute atomic E-state index is 14.1. The Labute approximate surface area is 266 Å². The quantitative estimate of drug-likeness (QED) is 0.0262. The van der Waals surface area contributed by atoms with Crippen LogP contribution in [0.3, 0.4) is 0 Å². The molecule has 0 aliphatic carbocycles. The number of aromatic nitrogens is 2. The number of carbonyl (C=O) groups is 2. The normalized spacial score (nSPS) is 11.0. The van der Waals surface area contributed by atoms with E-state index in [4.69, 9.17) is 10.6 Å². The number of nitrogens with two attached hydrogens (primary N) is 1. The molecule has 0 radical (unpaired) electrons. The minimum atomic E-state index is -1.50. The van der Waals surface area contributed by atoms with E-state index in [1.165, 1.54) is 18.3 Å². The van der Waals surface area contributed by atoms with Gasteiger partial charge in [0.2, 0.25) is 5.91 Å². The van der Waals surface area contributed by atoms with E-state index in [2.05, 4.69) is 26.0 Å². The van der Waals surface area contributed by atoms with E-state index < -0.39 is 34.1 Å². The molecule has 0 spiro atoms. The van der Waals surface area contributed by atoms with Crippen molar-refractivity contribution < 1.29 is 31.9 Å². The minimum absolute atomic E-state index is 0.121. The lowest BCUT2D eigenvalue weighted by Gasteiger charge is -2.11. The summed E-state index contributed by atoms with van der Waals surface area (Å²) in [5.41, 5.74) is 4.38. The van der Waals surface area contributed by atoms with Crippen molar-refractivity contribution >= 4 is 35.5 Å². The molecular weight excluding hydrogens is 624 g/mol. The average molecular weight is 655 g/mol. The van der Waals surface area contributed by atoms with Gasteiger partial charge in [-0.15, -0.1) is 11.8 Å². The molecule has 0 saturated carbocycles. The number of ether oxygens (including phenoxy) is 1. The van der Waals surface area contributed by atoms with Gasteiger partial charge in [-0.25, -0.2) is 33.4 Å². The van der Waals surface area contributed by atoms with Gasteiger partial charge in [0, 0.05) is 43.6 Å². The van der Waals surface area contributed by atoms with E-state index in [0.29, 0.717) is 60.6 Å². The third-order valence-electron chi connectivity index (χ3n) is 6.38. The molecule has 0 unspecified atom stereocenters. The van der Waals surface area contributed by atoms with Crippen molar-refractivity contribution in [3.63, 3.8) is 0 Å². The first-order valence-corrected chi connectivity index (χ1v) is 15.0. The van der Waals surface area contributed by atoms with Crippen molar-refractivity contribution in [2.24, 2.45) is 5.84 Å². The highest BCUT2D eigenvalue weighted by Crippen LogP contribution is 2.31. The highest BCUT2D eigenvalue weighted by Gasteiger charge is 2.20. The van der Waals surface area contributed by atoms with Gasteiger partial charge in [-0.1, -0.05) is 30.3 Å². The standard InChI is InChI=1S/C32H30F4N6O3S/c33-23-17-24(34)30(36)31(29(23)35)46-19-22-8-10-26(45-16-13-20-5-2-1-3-6-20)25(41-22)9-12-28(43)38-14-4-15-39-32(44)21-7-11-27(42-37)40-18-21/h1-3,5-12,17-18H,4,13-16,19,37H2,(H,38,43)(H,39,44)(H,40,42). The van der Waals surface area contributed by atoms with Crippen LogP contribution < -0.4 is 26.6 Å². The van der Waals surface area contributed by atoms with Crippen molar-refractivity contribution in [3.05, 3.63) is 119 Å². The van der Waals surface area contributed by atoms with Crippen molar-refractivity contribution in [2.45, 2.75) is 23.5 Å². The molecular formula is C32H30F4N6O3S. The maximum Gasteiger partial charge on any atom is 0.252 e. The molecule has 0 saturated heterocycles. The van der Waals surface area contributed by atoms with Crippen LogP contribution in [0, 0.1) is 23.3 Å². The summed E-state index contributed by atoms with van der Waals surface area (Å²) in [6.45, 7) is 0.877. The Kier molecular flexibility index (Phi) is 12.5. The zero-order valence-electron chi connectivity index (χ0n) is 24.4. The fourth-order valence-corrected chi connectivity index (χ4v) is 4.91. The number of pyridine rings is 2. The summed E-state index contributed by atoms with van der Waals surface area (Å²) in [5, 5.41) is 5.44. The van der Waals surface area contributed by atoms with Gasteiger partial charge in [0.25, 0.3) is 5.91 Å². The lowest BCUT2D eigenvalue weighted by molar-refractivity contribution is -0.116. The second-order valence-corrected chi connectivity index (χ2v) is 10.7. The predicted molar refractivity (Wildman–Crippen MR) is 167 cm³/mol. The molecule has 0 aliphatic heterocycles. The summed E-state index contributed by atoms with van der Waals surface area (Å²) in [7, 11) is 0. The highest BCUT2D eigenvalue weighted by molar-refractivity contribution is 7.98. The molecule has 2 amide bonds. The van der Waals surface area contributed by atoms with Gasteiger partial charge in [-0.2, -0.15) is 0 Å². The van der Waals surface area contributed by atoms with Crippen LogP contribution >= 0.6 is 11.8 Å². The Balaban J connectivity index is 1.35. The Hall–Kier alpha value is -4.95. The first-order valence-electron chi connectivity index (χ1n) is 14.0. The number of anilines is 1. The van der Waals surface area contributed by atoms with Crippen LogP contribution in [-0.4, -0.2) is 41.5 Å². The third kappa shape index (κ3) is 9.78. The van der Waals surface area contributed by atoms with Crippen molar-refractivity contribution in [3.8, 4) is 5.75 Å². The molecule has 4 rings (SSSR count). The molecule has 46 heavy (non-hydrogen) atoms. The van der Waals surface area contributed by atoms with Crippen molar-refractivity contribution in [1.82, 2.24) is 20.6 Å². The summed E-state index contributed by atoms with van der Waals surface area (Å²) in [5.74, 6) is -0.808. The number of carbonyl (C=O) groups excluding carboxylic acids is 2. The SMILES string of the molecule is NNc1ccc(C(=O)NCCCNC(=O)C=Cc2nc(CSc3c(F)c(F)cc(F)c3F)ccc2OCCc2ccccc2)cn1. The number of halogens is 4. The molecule has 2 heterocycles. The second kappa shape index (κ2) is 16.9. The molecule has 2 aromatic heterocycles. The van der Waals surface area contributed by atoms with Crippen molar-refractivity contribution in [1.29, 1.82) is 0 Å². The van der Waals surface area contributed by atoms with Gasteiger partial charge in [0.15, 0.2) is 23.3 Å². The monoisotopic (exact) mass is 654 g/mol. The fraction of sp³-hybridized carbons (Fsp3) is 0.188. The number of benzene rings is 2.